The predicted octanol–water partition coefficient (Wildman–Crippen LogP) is 3.06. The van der Waals surface area contributed by atoms with Crippen molar-refractivity contribution in [1.29, 1.82) is 0 Å². The third-order valence-electron chi connectivity index (χ3n) is 1.69. The van der Waals surface area contributed by atoms with Gasteiger partial charge >= 0.3 is 0 Å². The summed E-state index contributed by atoms with van der Waals surface area (Å²) in [5.41, 5.74) is 2.84. The highest BCUT2D eigenvalue weighted by Gasteiger charge is 2.00. The van der Waals surface area contributed by atoms with Crippen LogP contribution in [0.5, 0.6) is 0 Å². The van der Waals surface area contributed by atoms with Crippen molar-refractivity contribution < 1.29 is 0 Å². The number of benzene rings is 1. The number of hydrogen-bond donors (Lipinski definition) is 0. The van der Waals surface area contributed by atoms with Crippen LogP contribution in [0.15, 0.2) is 43.5 Å². The molecule has 0 atom stereocenters. The Morgan fingerprint density at radius 2 is 1.82 bits per heavy atom. The molecule has 0 amide bonds. The minimum absolute atomic E-state index is 1.12. The first-order valence-electron chi connectivity index (χ1n) is 3.71. The van der Waals surface area contributed by atoms with E-state index < -0.39 is 0 Å². The Bertz CT molecular complexity index is 258. The van der Waals surface area contributed by atoms with Gasteiger partial charge in [0.1, 0.15) is 0 Å². The molecule has 2 rings (SSSR count). The van der Waals surface area contributed by atoms with Crippen LogP contribution >= 0.6 is 0 Å². The van der Waals surface area contributed by atoms with Gasteiger partial charge in [-0.15, -0.1) is 13.2 Å². The first-order chi connectivity index (χ1) is 5.47. The Morgan fingerprint density at radius 3 is 2.55 bits per heavy atom. The monoisotopic (exact) mass is 144 g/mol. The van der Waals surface area contributed by atoms with Crippen LogP contribution < -0.4 is 0 Å². The van der Waals surface area contributed by atoms with Gasteiger partial charge in [0.2, 0.25) is 0 Å². The summed E-state index contributed by atoms with van der Waals surface area (Å²) in [4.78, 5) is 0. The van der Waals surface area contributed by atoms with E-state index in [1.54, 1.807) is 0 Å². The molecule has 1 aliphatic carbocycles. The second-order valence-electron chi connectivity index (χ2n) is 2.31. The lowest BCUT2D eigenvalue weighted by atomic mass is 10.1. The first kappa shape index (κ1) is 7.80. The Balaban J connectivity index is 0.000000281. The van der Waals surface area contributed by atoms with E-state index in [4.69, 9.17) is 0 Å². The zero-order valence-electron chi connectivity index (χ0n) is 6.59. The van der Waals surface area contributed by atoms with E-state index in [1.165, 1.54) is 11.1 Å². The summed E-state index contributed by atoms with van der Waals surface area (Å²) >= 11 is 0. The van der Waals surface area contributed by atoms with Gasteiger partial charge in [0.05, 0.1) is 0 Å². The standard InChI is InChI=1S/C9H8.C2H4/c1-2-5-9-7-3-6-8(9)4-1;1-2/h1-6H,7H2;1-2H2. The van der Waals surface area contributed by atoms with E-state index in [1.807, 2.05) is 0 Å². The maximum Gasteiger partial charge on any atom is -0.00882 e. The number of fused-ring (bicyclic) bond motifs is 1. The highest BCUT2D eigenvalue weighted by Crippen LogP contribution is 2.17. The molecule has 0 aromatic heterocycles. The molecule has 1 aliphatic rings. The van der Waals surface area contributed by atoms with Crippen molar-refractivity contribution in [2.45, 2.75) is 6.42 Å². The summed E-state index contributed by atoms with van der Waals surface area (Å²) < 4.78 is 0. The lowest BCUT2D eigenvalue weighted by Crippen LogP contribution is -1.76. The van der Waals surface area contributed by atoms with E-state index in [0.29, 0.717) is 0 Å². The van der Waals surface area contributed by atoms with Crippen molar-refractivity contribution in [2.75, 3.05) is 0 Å². The molecule has 1 aromatic rings. The minimum atomic E-state index is 1.12. The quantitative estimate of drug-likeness (QED) is 0.491. The molecular weight excluding hydrogens is 132 g/mol. The van der Waals surface area contributed by atoms with Crippen LogP contribution in [0.1, 0.15) is 11.1 Å². The van der Waals surface area contributed by atoms with E-state index in [9.17, 15) is 0 Å². The van der Waals surface area contributed by atoms with Gasteiger partial charge in [-0.3, -0.25) is 0 Å². The van der Waals surface area contributed by atoms with E-state index >= 15 is 0 Å². The molecule has 0 nitrogen and oxygen atoms in total. The molecule has 0 saturated carbocycles. The van der Waals surface area contributed by atoms with Gasteiger partial charge in [0.15, 0.2) is 0 Å². The smallest absolute Gasteiger partial charge is 0.00882 e. The van der Waals surface area contributed by atoms with Gasteiger partial charge in [0.25, 0.3) is 0 Å². The fourth-order valence-corrected chi connectivity index (χ4v) is 1.20. The number of allylic oxidation sites excluding steroid dienone is 1. The normalized spacial score (nSPS) is 11.6. The molecule has 0 heteroatoms. The van der Waals surface area contributed by atoms with Crippen LogP contribution in [0.2, 0.25) is 0 Å². The molecule has 0 heterocycles. The predicted molar refractivity (Wildman–Crippen MR) is 50.4 cm³/mol. The van der Waals surface area contributed by atoms with Crippen molar-refractivity contribution in [3.05, 3.63) is 54.6 Å². The summed E-state index contributed by atoms with van der Waals surface area (Å²) in [6.45, 7) is 6.00. The zero-order chi connectivity index (χ0) is 8.10. The Kier molecular flexibility index (Phi) is 2.67. The fraction of sp³-hybridized carbons (Fsp3) is 0.0909. The summed E-state index contributed by atoms with van der Waals surface area (Å²) in [6, 6.07) is 8.49. The Labute approximate surface area is 67.9 Å². The van der Waals surface area contributed by atoms with Crippen molar-refractivity contribution in [3.8, 4) is 0 Å². The first-order valence-corrected chi connectivity index (χ1v) is 3.71. The molecule has 0 bridgehead atoms. The molecule has 0 saturated heterocycles. The van der Waals surface area contributed by atoms with E-state index in [0.717, 1.165) is 6.42 Å². The SMILES string of the molecule is C1=Cc2ccccc2C1.C=C. The molecule has 0 fully saturated rings. The molecule has 56 valence electrons. The van der Waals surface area contributed by atoms with Crippen LogP contribution in [0, 0.1) is 0 Å². The highest BCUT2D eigenvalue weighted by molar-refractivity contribution is 5.59. The molecule has 11 heavy (non-hydrogen) atoms. The van der Waals surface area contributed by atoms with Crippen LogP contribution in [-0.2, 0) is 6.42 Å². The molecule has 0 N–H and O–H groups in total. The lowest BCUT2D eigenvalue weighted by molar-refractivity contribution is 1.31. The second-order valence-corrected chi connectivity index (χ2v) is 2.31. The molecule has 0 unspecified atom stereocenters. The van der Waals surface area contributed by atoms with Crippen molar-refractivity contribution in [1.82, 2.24) is 0 Å². The van der Waals surface area contributed by atoms with Gasteiger partial charge in [-0.1, -0.05) is 36.4 Å². The van der Waals surface area contributed by atoms with Gasteiger partial charge < -0.3 is 0 Å². The topological polar surface area (TPSA) is 0 Å². The molecular formula is C11H12. The second kappa shape index (κ2) is 3.77. The summed E-state index contributed by atoms with van der Waals surface area (Å²) in [7, 11) is 0. The van der Waals surface area contributed by atoms with Gasteiger partial charge in [-0.25, -0.2) is 0 Å². The van der Waals surface area contributed by atoms with Crippen LogP contribution in [-0.4, -0.2) is 0 Å². The molecule has 1 aromatic carbocycles. The van der Waals surface area contributed by atoms with Crippen molar-refractivity contribution in [3.63, 3.8) is 0 Å². The fourth-order valence-electron chi connectivity index (χ4n) is 1.20. The molecule has 0 aliphatic heterocycles. The maximum absolute atomic E-state index is 3.00. The molecule has 0 spiro atoms. The van der Waals surface area contributed by atoms with Gasteiger partial charge in [0, 0.05) is 0 Å². The van der Waals surface area contributed by atoms with Crippen LogP contribution in [0.3, 0.4) is 0 Å². The third-order valence-corrected chi connectivity index (χ3v) is 1.69. The Morgan fingerprint density at radius 1 is 1.09 bits per heavy atom. The average molecular weight is 144 g/mol. The van der Waals surface area contributed by atoms with Crippen LogP contribution in [0.4, 0.5) is 0 Å². The van der Waals surface area contributed by atoms with E-state index in [2.05, 4.69) is 49.6 Å². The molecule has 0 radical (unpaired) electrons. The third kappa shape index (κ3) is 1.58. The van der Waals surface area contributed by atoms with Crippen LogP contribution in [0.25, 0.3) is 6.08 Å². The van der Waals surface area contributed by atoms with Gasteiger partial charge in [-0.2, -0.15) is 0 Å². The lowest BCUT2D eigenvalue weighted by Gasteiger charge is -1.93. The van der Waals surface area contributed by atoms with E-state index in [-0.39, 0.29) is 0 Å². The summed E-state index contributed by atoms with van der Waals surface area (Å²) in [6.07, 6.45) is 5.50. The summed E-state index contributed by atoms with van der Waals surface area (Å²) in [5.74, 6) is 0. The largest absolute Gasteiger partial charge is 0.106 e. The van der Waals surface area contributed by atoms with Gasteiger partial charge in [-0.05, 0) is 17.5 Å². The Hall–Kier alpha value is -1.30. The average Bonchev–Trinajstić information content (AvgIpc) is 2.55. The number of rotatable bonds is 0. The van der Waals surface area contributed by atoms with Crippen molar-refractivity contribution in [2.24, 2.45) is 0 Å². The maximum atomic E-state index is 3.00. The highest BCUT2D eigenvalue weighted by atomic mass is 14.0. The zero-order valence-corrected chi connectivity index (χ0v) is 6.59. The summed E-state index contributed by atoms with van der Waals surface area (Å²) in [5, 5.41) is 0. The minimum Gasteiger partial charge on any atom is -0.106 e. The number of hydrogen-bond acceptors (Lipinski definition) is 0. The van der Waals surface area contributed by atoms with Crippen molar-refractivity contribution >= 4 is 6.08 Å².